The van der Waals surface area contributed by atoms with Crippen LogP contribution in [-0.4, -0.2) is 27.1 Å². The van der Waals surface area contributed by atoms with Gasteiger partial charge in [0.05, 0.1) is 11.9 Å². The van der Waals surface area contributed by atoms with Crippen LogP contribution in [-0.2, 0) is 21.4 Å². The molecule has 0 spiro atoms. The lowest BCUT2D eigenvalue weighted by Gasteiger charge is -2.23. The van der Waals surface area contributed by atoms with Crippen LogP contribution in [0, 0.1) is 6.92 Å². The van der Waals surface area contributed by atoms with Gasteiger partial charge >= 0.3 is 0 Å². The summed E-state index contributed by atoms with van der Waals surface area (Å²) >= 11 is 0. The first-order chi connectivity index (χ1) is 12.9. The number of amides is 1. The molecule has 0 saturated heterocycles. The van der Waals surface area contributed by atoms with Crippen molar-refractivity contribution in [2.75, 3.05) is 17.1 Å². The number of benzene rings is 3. The molecule has 6 heteroatoms. The minimum Gasteiger partial charge on any atom is -0.350 e. The molecule has 3 aromatic carbocycles. The summed E-state index contributed by atoms with van der Waals surface area (Å²) in [5.74, 6) is -0.350. The molecule has 3 rings (SSSR count). The van der Waals surface area contributed by atoms with E-state index in [1.165, 1.54) is 0 Å². The largest absolute Gasteiger partial charge is 0.350 e. The van der Waals surface area contributed by atoms with Crippen LogP contribution in [0.5, 0.6) is 0 Å². The Morgan fingerprint density at radius 3 is 2.37 bits per heavy atom. The first kappa shape index (κ1) is 18.9. The predicted octanol–water partition coefficient (Wildman–Crippen LogP) is 3.23. The molecule has 1 N–H and O–H groups in total. The van der Waals surface area contributed by atoms with Crippen LogP contribution in [0.4, 0.5) is 5.69 Å². The zero-order valence-corrected chi connectivity index (χ0v) is 16.2. The molecule has 1 amide bonds. The molecular formula is C21H22N2O3S. The van der Waals surface area contributed by atoms with Crippen LogP contribution < -0.4 is 9.62 Å². The van der Waals surface area contributed by atoms with Gasteiger partial charge in [-0.25, -0.2) is 8.42 Å². The molecule has 0 aliphatic rings. The highest BCUT2D eigenvalue weighted by atomic mass is 32.2. The number of fused-ring (bicyclic) bond motifs is 1. The second-order valence-corrected chi connectivity index (χ2v) is 8.38. The summed E-state index contributed by atoms with van der Waals surface area (Å²) in [7, 11) is -3.62. The van der Waals surface area contributed by atoms with Crippen LogP contribution in [0.2, 0.25) is 0 Å². The van der Waals surface area contributed by atoms with Crippen LogP contribution in [0.25, 0.3) is 10.8 Å². The molecule has 0 atom stereocenters. The smallest absolute Gasteiger partial charge is 0.241 e. The molecule has 0 aliphatic heterocycles. The van der Waals surface area contributed by atoms with E-state index in [4.69, 9.17) is 0 Å². The topological polar surface area (TPSA) is 66.5 Å². The van der Waals surface area contributed by atoms with E-state index in [0.29, 0.717) is 12.2 Å². The van der Waals surface area contributed by atoms with Crippen molar-refractivity contribution in [3.8, 4) is 0 Å². The minimum absolute atomic E-state index is 0.265. The van der Waals surface area contributed by atoms with Crippen LogP contribution in [0.3, 0.4) is 0 Å². The van der Waals surface area contributed by atoms with Gasteiger partial charge in [-0.05, 0) is 29.5 Å². The average molecular weight is 382 g/mol. The Bertz CT molecular complexity index is 1070. The van der Waals surface area contributed by atoms with Gasteiger partial charge in [-0.3, -0.25) is 9.10 Å². The number of aryl methyl sites for hydroxylation is 1. The van der Waals surface area contributed by atoms with Crippen molar-refractivity contribution in [2.45, 2.75) is 13.5 Å². The highest BCUT2D eigenvalue weighted by molar-refractivity contribution is 7.92. The molecule has 0 aliphatic carbocycles. The lowest BCUT2D eigenvalue weighted by Crippen LogP contribution is -2.40. The van der Waals surface area contributed by atoms with Crippen molar-refractivity contribution >= 4 is 32.4 Å². The fourth-order valence-electron chi connectivity index (χ4n) is 3.00. The first-order valence-corrected chi connectivity index (χ1v) is 10.5. The molecule has 3 aromatic rings. The SMILES string of the molecule is Cc1ccccc1CNC(=O)CN(c1cccc2ccccc12)S(C)(=O)=O. The Morgan fingerprint density at radius 1 is 0.963 bits per heavy atom. The maximum absolute atomic E-state index is 12.5. The zero-order valence-electron chi connectivity index (χ0n) is 15.3. The fraction of sp³-hybridized carbons (Fsp3) is 0.190. The third-order valence-electron chi connectivity index (χ3n) is 4.46. The van der Waals surface area contributed by atoms with Crippen LogP contribution in [0.1, 0.15) is 11.1 Å². The number of hydrogen-bond donors (Lipinski definition) is 1. The van der Waals surface area contributed by atoms with Gasteiger partial charge in [-0.15, -0.1) is 0 Å². The molecule has 0 radical (unpaired) electrons. The van der Waals surface area contributed by atoms with E-state index < -0.39 is 10.0 Å². The maximum atomic E-state index is 12.5. The second kappa shape index (κ2) is 7.80. The van der Waals surface area contributed by atoms with E-state index in [-0.39, 0.29) is 12.5 Å². The number of nitrogens with zero attached hydrogens (tertiary/aromatic N) is 1. The standard InChI is InChI=1S/C21H22N2O3S/c1-16-8-3-4-10-18(16)14-22-21(24)15-23(27(2,25)26)20-13-7-11-17-9-5-6-12-19(17)20/h3-13H,14-15H2,1-2H3,(H,22,24). The van der Waals surface area contributed by atoms with Crippen molar-refractivity contribution in [1.29, 1.82) is 0 Å². The number of rotatable bonds is 6. The molecule has 5 nitrogen and oxygen atoms in total. The molecule has 0 fully saturated rings. The zero-order chi connectivity index (χ0) is 19.4. The van der Waals surface area contributed by atoms with E-state index in [2.05, 4.69) is 5.32 Å². The molecule has 0 heterocycles. The average Bonchev–Trinajstić information content (AvgIpc) is 2.64. The summed E-state index contributed by atoms with van der Waals surface area (Å²) < 4.78 is 25.9. The summed E-state index contributed by atoms with van der Waals surface area (Å²) in [5, 5.41) is 4.52. The molecular weight excluding hydrogens is 360 g/mol. The summed E-state index contributed by atoms with van der Waals surface area (Å²) in [6.07, 6.45) is 1.11. The van der Waals surface area contributed by atoms with Gasteiger partial charge in [0.25, 0.3) is 0 Å². The quantitative estimate of drug-likeness (QED) is 0.712. The number of carbonyl (C=O) groups excluding carboxylic acids is 1. The van der Waals surface area contributed by atoms with Gasteiger partial charge in [0.15, 0.2) is 0 Å². The number of sulfonamides is 1. The van der Waals surface area contributed by atoms with E-state index >= 15 is 0 Å². The molecule has 140 valence electrons. The number of anilines is 1. The predicted molar refractivity (Wildman–Crippen MR) is 109 cm³/mol. The van der Waals surface area contributed by atoms with E-state index in [1.54, 1.807) is 12.1 Å². The van der Waals surface area contributed by atoms with Crippen molar-refractivity contribution in [2.24, 2.45) is 0 Å². The molecule has 0 unspecified atom stereocenters. The monoisotopic (exact) mass is 382 g/mol. The summed E-state index contributed by atoms with van der Waals surface area (Å²) in [5.41, 5.74) is 2.58. The van der Waals surface area contributed by atoms with Gasteiger partial charge in [-0.1, -0.05) is 60.7 Å². The van der Waals surface area contributed by atoms with Gasteiger partial charge in [-0.2, -0.15) is 0 Å². The maximum Gasteiger partial charge on any atom is 0.241 e. The van der Waals surface area contributed by atoms with Crippen molar-refractivity contribution < 1.29 is 13.2 Å². The van der Waals surface area contributed by atoms with E-state index in [9.17, 15) is 13.2 Å². The van der Waals surface area contributed by atoms with Gasteiger partial charge in [0.1, 0.15) is 6.54 Å². The van der Waals surface area contributed by atoms with Gasteiger partial charge in [0.2, 0.25) is 15.9 Å². The fourth-order valence-corrected chi connectivity index (χ4v) is 3.86. The van der Waals surface area contributed by atoms with Crippen LogP contribution in [0.15, 0.2) is 66.7 Å². The minimum atomic E-state index is -3.62. The highest BCUT2D eigenvalue weighted by Gasteiger charge is 2.22. The normalized spacial score (nSPS) is 11.3. The Morgan fingerprint density at radius 2 is 1.63 bits per heavy atom. The van der Waals surface area contributed by atoms with E-state index in [1.807, 2.05) is 61.5 Å². The molecule has 0 bridgehead atoms. The third kappa shape index (κ3) is 4.46. The Hall–Kier alpha value is -2.86. The number of hydrogen-bond acceptors (Lipinski definition) is 3. The first-order valence-electron chi connectivity index (χ1n) is 8.63. The number of nitrogens with one attached hydrogen (secondary N) is 1. The molecule has 0 saturated carbocycles. The Labute approximate surface area is 159 Å². The Balaban J connectivity index is 1.84. The Kier molecular flexibility index (Phi) is 5.46. The van der Waals surface area contributed by atoms with Crippen molar-refractivity contribution in [3.63, 3.8) is 0 Å². The lowest BCUT2D eigenvalue weighted by atomic mass is 10.1. The summed E-state index contributed by atoms with van der Waals surface area (Å²) in [4.78, 5) is 12.5. The van der Waals surface area contributed by atoms with Crippen LogP contribution >= 0.6 is 0 Å². The van der Waals surface area contributed by atoms with E-state index in [0.717, 1.165) is 32.5 Å². The molecule has 0 aromatic heterocycles. The molecule has 27 heavy (non-hydrogen) atoms. The third-order valence-corrected chi connectivity index (χ3v) is 5.59. The van der Waals surface area contributed by atoms with Crippen molar-refractivity contribution in [1.82, 2.24) is 5.32 Å². The summed E-state index contributed by atoms with van der Waals surface area (Å²) in [6.45, 7) is 2.07. The van der Waals surface area contributed by atoms with Gasteiger partial charge in [0, 0.05) is 11.9 Å². The number of carbonyl (C=O) groups is 1. The lowest BCUT2D eigenvalue weighted by molar-refractivity contribution is -0.119. The highest BCUT2D eigenvalue weighted by Crippen LogP contribution is 2.28. The second-order valence-electron chi connectivity index (χ2n) is 6.47. The van der Waals surface area contributed by atoms with Gasteiger partial charge < -0.3 is 5.32 Å². The summed E-state index contributed by atoms with van der Waals surface area (Å²) in [6, 6.07) is 20.7. The van der Waals surface area contributed by atoms with Crippen molar-refractivity contribution in [3.05, 3.63) is 77.9 Å².